The third-order valence-electron chi connectivity index (χ3n) is 5.22. The van der Waals surface area contributed by atoms with Crippen molar-refractivity contribution in [3.05, 3.63) is 111 Å². The molecule has 0 spiro atoms. The summed E-state index contributed by atoms with van der Waals surface area (Å²) in [5.41, 5.74) is 5.71. The first-order valence-electron chi connectivity index (χ1n) is 10.1. The van der Waals surface area contributed by atoms with Gasteiger partial charge in [0, 0.05) is 17.7 Å². The summed E-state index contributed by atoms with van der Waals surface area (Å²) in [6.45, 7) is 2.06. The minimum Gasteiger partial charge on any atom is -0.321 e. The second kappa shape index (κ2) is 9.42. The molecular formula is C27H20N2O2S. The number of nitrogens with zero attached hydrogens (tertiary/aromatic N) is 1. The molecule has 0 unspecified atom stereocenters. The fraction of sp³-hybridized carbons (Fsp3) is 0.0741. The molecule has 0 radical (unpaired) electrons. The molecule has 0 atom stereocenters. The summed E-state index contributed by atoms with van der Waals surface area (Å²) in [7, 11) is 0. The van der Waals surface area contributed by atoms with Gasteiger partial charge >= 0.3 is 0 Å². The van der Waals surface area contributed by atoms with Gasteiger partial charge in [0.05, 0.1) is 16.5 Å². The van der Waals surface area contributed by atoms with Crippen LogP contribution in [0, 0.1) is 18.3 Å². The lowest BCUT2D eigenvalue weighted by Gasteiger charge is -2.08. The van der Waals surface area contributed by atoms with Crippen molar-refractivity contribution < 1.29 is 9.59 Å². The first kappa shape index (κ1) is 21.2. The van der Waals surface area contributed by atoms with E-state index >= 15 is 0 Å². The number of aryl methyl sites for hydroxylation is 1. The molecule has 0 saturated carbocycles. The molecule has 5 heteroatoms. The van der Waals surface area contributed by atoms with Gasteiger partial charge < -0.3 is 5.32 Å². The van der Waals surface area contributed by atoms with Crippen LogP contribution in [0.1, 0.15) is 36.7 Å². The number of benzene rings is 3. The second-order valence-corrected chi connectivity index (χ2v) is 8.33. The number of carbonyl (C=O) groups is 2. The zero-order chi connectivity index (χ0) is 22.5. The molecule has 1 N–H and O–H groups in total. The molecule has 0 fully saturated rings. The largest absolute Gasteiger partial charge is 0.321 e. The Morgan fingerprint density at radius 2 is 1.75 bits per heavy atom. The summed E-state index contributed by atoms with van der Waals surface area (Å²) in [6.07, 6.45) is 0.147. The molecule has 32 heavy (non-hydrogen) atoms. The van der Waals surface area contributed by atoms with Gasteiger partial charge in [0.2, 0.25) is 0 Å². The summed E-state index contributed by atoms with van der Waals surface area (Å²) < 4.78 is 0. The molecule has 0 bridgehead atoms. The van der Waals surface area contributed by atoms with Crippen molar-refractivity contribution in [1.82, 2.24) is 0 Å². The SMILES string of the molecule is Cc1ccccc1-c1ccc(C(=O)Cc2ccsc2C(=O)Nc2cccc(C#N)c2)cc1. The van der Waals surface area contributed by atoms with Gasteiger partial charge in [0.1, 0.15) is 0 Å². The number of amides is 1. The van der Waals surface area contributed by atoms with Crippen molar-refractivity contribution in [2.45, 2.75) is 13.3 Å². The number of rotatable bonds is 6. The van der Waals surface area contributed by atoms with Gasteiger partial charge in [-0.2, -0.15) is 5.26 Å². The molecule has 0 aliphatic rings. The topological polar surface area (TPSA) is 70.0 Å². The zero-order valence-corrected chi connectivity index (χ0v) is 18.3. The van der Waals surface area contributed by atoms with E-state index in [-0.39, 0.29) is 18.1 Å². The van der Waals surface area contributed by atoms with Crippen molar-refractivity contribution in [1.29, 1.82) is 5.26 Å². The number of ketones is 1. The van der Waals surface area contributed by atoms with Crippen LogP contribution in [-0.4, -0.2) is 11.7 Å². The number of nitriles is 1. The van der Waals surface area contributed by atoms with E-state index in [1.165, 1.54) is 16.9 Å². The monoisotopic (exact) mass is 436 g/mol. The van der Waals surface area contributed by atoms with Gasteiger partial charge in [-0.15, -0.1) is 11.3 Å². The van der Waals surface area contributed by atoms with E-state index in [0.29, 0.717) is 27.3 Å². The highest BCUT2D eigenvalue weighted by molar-refractivity contribution is 7.12. The molecule has 4 nitrogen and oxygen atoms in total. The van der Waals surface area contributed by atoms with Gasteiger partial charge in [0.15, 0.2) is 5.78 Å². The third-order valence-corrected chi connectivity index (χ3v) is 6.17. The Morgan fingerprint density at radius 3 is 2.50 bits per heavy atom. The lowest BCUT2D eigenvalue weighted by atomic mass is 9.97. The highest BCUT2D eigenvalue weighted by Gasteiger charge is 2.17. The van der Waals surface area contributed by atoms with Crippen LogP contribution in [0.5, 0.6) is 0 Å². The van der Waals surface area contributed by atoms with Crippen LogP contribution >= 0.6 is 11.3 Å². The maximum absolute atomic E-state index is 12.9. The zero-order valence-electron chi connectivity index (χ0n) is 17.5. The average Bonchev–Trinajstić information content (AvgIpc) is 3.28. The van der Waals surface area contributed by atoms with Crippen molar-refractivity contribution in [3.8, 4) is 17.2 Å². The second-order valence-electron chi connectivity index (χ2n) is 7.41. The van der Waals surface area contributed by atoms with E-state index in [0.717, 1.165) is 11.1 Å². The van der Waals surface area contributed by atoms with Gasteiger partial charge in [0.25, 0.3) is 5.91 Å². The van der Waals surface area contributed by atoms with E-state index in [4.69, 9.17) is 5.26 Å². The average molecular weight is 437 g/mol. The number of hydrogen-bond acceptors (Lipinski definition) is 4. The maximum Gasteiger partial charge on any atom is 0.266 e. The predicted octanol–water partition coefficient (Wildman–Crippen LogP) is 6.27. The molecule has 4 rings (SSSR count). The molecule has 156 valence electrons. The van der Waals surface area contributed by atoms with Crippen molar-refractivity contribution in [2.75, 3.05) is 5.32 Å². The van der Waals surface area contributed by atoms with Crippen LogP contribution in [0.3, 0.4) is 0 Å². The number of hydrogen-bond donors (Lipinski definition) is 1. The molecule has 0 aliphatic carbocycles. The Bertz CT molecular complexity index is 1330. The minimum atomic E-state index is -0.284. The minimum absolute atomic E-state index is 0.0414. The van der Waals surface area contributed by atoms with Gasteiger partial charge in [-0.05, 0) is 58.8 Å². The maximum atomic E-state index is 12.9. The first-order valence-corrected chi connectivity index (χ1v) is 11.0. The van der Waals surface area contributed by atoms with Gasteiger partial charge in [-0.3, -0.25) is 9.59 Å². The Morgan fingerprint density at radius 1 is 0.969 bits per heavy atom. The number of carbonyl (C=O) groups excluding carboxylic acids is 2. The summed E-state index contributed by atoms with van der Waals surface area (Å²) >= 11 is 1.30. The van der Waals surface area contributed by atoms with Crippen molar-refractivity contribution >= 4 is 28.7 Å². The highest BCUT2D eigenvalue weighted by atomic mass is 32.1. The Kier molecular flexibility index (Phi) is 6.25. The lowest BCUT2D eigenvalue weighted by molar-refractivity contribution is 0.0993. The number of anilines is 1. The van der Waals surface area contributed by atoms with Crippen LogP contribution in [-0.2, 0) is 6.42 Å². The van der Waals surface area contributed by atoms with E-state index in [2.05, 4.69) is 30.4 Å². The van der Waals surface area contributed by atoms with Crippen molar-refractivity contribution in [2.24, 2.45) is 0 Å². The van der Waals surface area contributed by atoms with E-state index < -0.39 is 0 Å². The number of Topliss-reactive ketones (excluding diaryl/α,β-unsaturated/α-hetero) is 1. The Hall–Kier alpha value is -4.01. The summed E-state index contributed by atoms with van der Waals surface area (Å²) in [6, 6.07) is 26.3. The van der Waals surface area contributed by atoms with Crippen molar-refractivity contribution in [3.63, 3.8) is 0 Å². The summed E-state index contributed by atoms with van der Waals surface area (Å²) in [4.78, 5) is 26.1. The Labute approximate surface area is 190 Å². The molecule has 1 amide bonds. The van der Waals surface area contributed by atoms with Crippen LogP contribution < -0.4 is 5.32 Å². The fourth-order valence-electron chi connectivity index (χ4n) is 3.54. The molecule has 0 aliphatic heterocycles. The molecular weight excluding hydrogens is 416 g/mol. The smallest absolute Gasteiger partial charge is 0.266 e. The third kappa shape index (κ3) is 4.66. The lowest BCUT2D eigenvalue weighted by Crippen LogP contribution is -2.14. The number of thiophene rings is 1. The molecule has 3 aromatic carbocycles. The summed E-state index contributed by atoms with van der Waals surface area (Å²) in [5.74, 6) is -0.326. The summed E-state index contributed by atoms with van der Waals surface area (Å²) in [5, 5.41) is 13.7. The van der Waals surface area contributed by atoms with Crippen LogP contribution in [0.15, 0.2) is 84.2 Å². The van der Waals surface area contributed by atoms with Crippen LogP contribution in [0.4, 0.5) is 5.69 Å². The van der Waals surface area contributed by atoms with Crippen LogP contribution in [0.25, 0.3) is 11.1 Å². The Balaban J connectivity index is 1.48. The van der Waals surface area contributed by atoms with E-state index in [1.807, 2.05) is 47.8 Å². The molecule has 1 heterocycles. The van der Waals surface area contributed by atoms with Gasteiger partial charge in [-0.25, -0.2) is 0 Å². The predicted molar refractivity (Wildman–Crippen MR) is 128 cm³/mol. The molecule has 4 aromatic rings. The molecule has 1 aromatic heterocycles. The normalized spacial score (nSPS) is 10.4. The van der Waals surface area contributed by atoms with E-state index in [1.54, 1.807) is 24.3 Å². The highest BCUT2D eigenvalue weighted by Crippen LogP contribution is 2.25. The fourth-order valence-corrected chi connectivity index (χ4v) is 4.35. The molecule has 0 saturated heterocycles. The quantitative estimate of drug-likeness (QED) is 0.362. The first-order chi connectivity index (χ1) is 15.5. The van der Waals surface area contributed by atoms with Gasteiger partial charge in [-0.1, -0.05) is 54.6 Å². The van der Waals surface area contributed by atoms with Crippen LogP contribution in [0.2, 0.25) is 0 Å². The standard InChI is InChI=1S/C27H20N2O2S/c1-18-5-2-3-8-24(18)20-9-11-21(12-10-20)25(30)16-22-13-14-32-26(22)27(31)29-23-7-4-6-19(15-23)17-28/h2-15H,16H2,1H3,(H,29,31). The van der Waals surface area contributed by atoms with E-state index in [9.17, 15) is 9.59 Å². The number of nitrogens with one attached hydrogen (secondary N) is 1.